The van der Waals surface area contributed by atoms with Gasteiger partial charge in [-0.05, 0) is 56.7 Å². The first-order valence-electron chi connectivity index (χ1n) is 11.2. The molecule has 0 spiro atoms. The molecule has 2 fully saturated rings. The molecule has 9 heteroatoms. The topological polar surface area (TPSA) is 92.3 Å². The van der Waals surface area contributed by atoms with Gasteiger partial charge in [0.15, 0.2) is 12.6 Å². The Bertz CT molecular complexity index is 760. The van der Waals surface area contributed by atoms with Crippen LogP contribution in [0.5, 0.6) is 5.75 Å². The second-order valence-corrected chi connectivity index (χ2v) is 8.04. The van der Waals surface area contributed by atoms with Crippen LogP contribution in [0.4, 0.5) is 0 Å². The van der Waals surface area contributed by atoms with E-state index in [1.807, 2.05) is 24.3 Å². The van der Waals surface area contributed by atoms with Crippen LogP contribution in [0.1, 0.15) is 38.2 Å². The van der Waals surface area contributed by atoms with Crippen molar-refractivity contribution < 1.29 is 19.1 Å². The van der Waals surface area contributed by atoms with Gasteiger partial charge in [-0.1, -0.05) is 12.1 Å². The number of carbonyl (C=O) groups excluding carboxylic acids is 2. The van der Waals surface area contributed by atoms with Crippen molar-refractivity contribution in [3.05, 3.63) is 29.8 Å². The van der Waals surface area contributed by atoms with E-state index in [0.29, 0.717) is 18.3 Å². The summed E-state index contributed by atoms with van der Waals surface area (Å²) in [6.45, 7) is 5.18. The van der Waals surface area contributed by atoms with Gasteiger partial charge in [0.1, 0.15) is 5.75 Å². The molecule has 1 aliphatic carbocycles. The van der Waals surface area contributed by atoms with E-state index in [0.717, 1.165) is 57.7 Å². The lowest BCUT2D eigenvalue weighted by Crippen LogP contribution is -2.46. The van der Waals surface area contributed by atoms with Gasteiger partial charge in [-0.2, -0.15) is 0 Å². The Kier molecular flexibility index (Phi) is 11.1. The highest BCUT2D eigenvalue weighted by Crippen LogP contribution is 2.19. The SMILES string of the molecule is CCNC(=NCCc1ccc(OCC(=O)NC2CC2)cc1)N1CCC(C(=O)OC)CC1.I. The number of nitrogens with one attached hydrogen (secondary N) is 2. The molecule has 2 aliphatic rings. The average Bonchev–Trinajstić information content (AvgIpc) is 3.61. The van der Waals surface area contributed by atoms with Crippen LogP contribution in [0, 0.1) is 5.92 Å². The van der Waals surface area contributed by atoms with E-state index in [1.54, 1.807) is 0 Å². The third-order valence-electron chi connectivity index (χ3n) is 5.56. The highest BCUT2D eigenvalue weighted by molar-refractivity contribution is 14.0. The van der Waals surface area contributed by atoms with E-state index < -0.39 is 0 Å². The van der Waals surface area contributed by atoms with Crippen molar-refractivity contribution in [1.29, 1.82) is 0 Å². The van der Waals surface area contributed by atoms with Crippen LogP contribution in [-0.4, -0.2) is 68.7 Å². The number of halogens is 1. The molecule has 8 nitrogen and oxygen atoms in total. The second kappa shape index (κ2) is 13.5. The lowest BCUT2D eigenvalue weighted by molar-refractivity contribution is -0.146. The normalized spacial score (nSPS) is 16.7. The Labute approximate surface area is 207 Å². The molecule has 2 N–H and O–H groups in total. The summed E-state index contributed by atoms with van der Waals surface area (Å²) < 4.78 is 10.4. The molecule has 1 aliphatic heterocycles. The van der Waals surface area contributed by atoms with Gasteiger partial charge in [0, 0.05) is 32.2 Å². The zero-order valence-corrected chi connectivity index (χ0v) is 21.3. The number of guanidine groups is 1. The number of hydrogen-bond donors (Lipinski definition) is 2. The number of ether oxygens (including phenoxy) is 2. The molecule has 3 rings (SSSR count). The summed E-state index contributed by atoms with van der Waals surface area (Å²) in [7, 11) is 1.45. The fourth-order valence-corrected chi connectivity index (χ4v) is 3.61. The summed E-state index contributed by atoms with van der Waals surface area (Å²) in [5, 5.41) is 6.26. The van der Waals surface area contributed by atoms with Crippen LogP contribution >= 0.6 is 24.0 Å². The Morgan fingerprint density at radius 2 is 1.81 bits per heavy atom. The Hall–Kier alpha value is -2.04. The molecule has 178 valence electrons. The summed E-state index contributed by atoms with van der Waals surface area (Å²) in [4.78, 5) is 30.4. The zero-order chi connectivity index (χ0) is 22.1. The molecule has 1 heterocycles. The molecule has 0 bridgehead atoms. The van der Waals surface area contributed by atoms with Crippen molar-refractivity contribution in [2.75, 3.05) is 39.9 Å². The van der Waals surface area contributed by atoms with E-state index in [-0.39, 0.29) is 48.4 Å². The van der Waals surface area contributed by atoms with Crippen molar-refractivity contribution in [1.82, 2.24) is 15.5 Å². The predicted molar refractivity (Wildman–Crippen MR) is 135 cm³/mol. The molecule has 1 aromatic rings. The van der Waals surface area contributed by atoms with E-state index in [4.69, 9.17) is 14.5 Å². The van der Waals surface area contributed by atoms with Crippen molar-refractivity contribution in [3.63, 3.8) is 0 Å². The largest absolute Gasteiger partial charge is 0.484 e. The van der Waals surface area contributed by atoms with Crippen molar-refractivity contribution in [2.45, 2.75) is 45.1 Å². The van der Waals surface area contributed by atoms with E-state index >= 15 is 0 Å². The summed E-state index contributed by atoms with van der Waals surface area (Å²) in [5.74, 6) is 1.40. The third kappa shape index (κ3) is 8.48. The third-order valence-corrected chi connectivity index (χ3v) is 5.56. The van der Waals surface area contributed by atoms with Crippen molar-refractivity contribution >= 4 is 41.8 Å². The van der Waals surface area contributed by atoms with Crippen LogP contribution in [0.3, 0.4) is 0 Å². The van der Waals surface area contributed by atoms with Gasteiger partial charge in [0.2, 0.25) is 0 Å². The van der Waals surface area contributed by atoms with Crippen molar-refractivity contribution in [3.8, 4) is 5.75 Å². The van der Waals surface area contributed by atoms with Gasteiger partial charge in [0.05, 0.1) is 13.0 Å². The Balaban J connectivity index is 0.00000363. The number of likely N-dealkylation sites (tertiary alicyclic amines) is 1. The fourth-order valence-electron chi connectivity index (χ4n) is 3.61. The molecule has 0 atom stereocenters. The summed E-state index contributed by atoms with van der Waals surface area (Å²) in [5.41, 5.74) is 1.17. The van der Waals surface area contributed by atoms with E-state index in [2.05, 4.69) is 22.5 Å². The number of piperidine rings is 1. The maximum atomic E-state index is 11.7. The number of nitrogens with zero attached hydrogens (tertiary/aromatic N) is 2. The van der Waals surface area contributed by atoms with Crippen LogP contribution in [-0.2, 0) is 20.7 Å². The second-order valence-electron chi connectivity index (χ2n) is 8.04. The number of carbonyl (C=O) groups is 2. The van der Waals surface area contributed by atoms with Gasteiger partial charge in [-0.3, -0.25) is 14.6 Å². The number of methoxy groups -OCH3 is 1. The molecule has 1 aromatic carbocycles. The monoisotopic (exact) mass is 558 g/mol. The number of amides is 1. The van der Waals surface area contributed by atoms with E-state index in [1.165, 1.54) is 12.7 Å². The van der Waals surface area contributed by atoms with Crippen molar-refractivity contribution in [2.24, 2.45) is 10.9 Å². The van der Waals surface area contributed by atoms with Gasteiger partial charge in [-0.25, -0.2) is 0 Å². The molecular weight excluding hydrogens is 523 g/mol. The first kappa shape index (κ1) is 26.2. The average molecular weight is 558 g/mol. The summed E-state index contributed by atoms with van der Waals surface area (Å²) in [6, 6.07) is 8.17. The number of hydrogen-bond acceptors (Lipinski definition) is 5. The number of aliphatic imine (C=N–C) groups is 1. The molecule has 1 amide bonds. The number of rotatable bonds is 9. The van der Waals surface area contributed by atoms with Gasteiger partial charge in [-0.15, -0.1) is 24.0 Å². The molecule has 32 heavy (non-hydrogen) atoms. The quantitative estimate of drug-likeness (QED) is 0.209. The summed E-state index contributed by atoms with van der Waals surface area (Å²) in [6.07, 6.45) is 4.54. The molecular formula is C23H35IN4O4. The predicted octanol–water partition coefficient (Wildman–Crippen LogP) is 2.35. The molecule has 1 saturated carbocycles. The highest BCUT2D eigenvalue weighted by Gasteiger charge is 2.27. The van der Waals surface area contributed by atoms with Crippen LogP contribution in [0.25, 0.3) is 0 Å². The Morgan fingerprint density at radius 3 is 2.41 bits per heavy atom. The molecule has 0 unspecified atom stereocenters. The molecule has 1 saturated heterocycles. The number of esters is 1. The smallest absolute Gasteiger partial charge is 0.308 e. The van der Waals surface area contributed by atoms with Crippen LogP contribution in [0.2, 0.25) is 0 Å². The first-order chi connectivity index (χ1) is 15.1. The zero-order valence-electron chi connectivity index (χ0n) is 19.0. The maximum Gasteiger partial charge on any atom is 0.308 e. The minimum atomic E-state index is -0.113. The number of benzene rings is 1. The van der Waals surface area contributed by atoms with Gasteiger partial charge in [0.25, 0.3) is 5.91 Å². The van der Waals surface area contributed by atoms with Crippen LogP contribution in [0.15, 0.2) is 29.3 Å². The fraction of sp³-hybridized carbons (Fsp3) is 0.609. The first-order valence-corrected chi connectivity index (χ1v) is 11.2. The standard InChI is InChI=1S/C23H34N4O4.HI/c1-3-24-23(27-14-11-18(12-15-27)22(29)30-2)25-13-10-17-4-8-20(9-5-17)31-16-21(28)26-19-6-7-19;/h4-5,8-9,18-19H,3,6-7,10-16H2,1-2H3,(H,24,25)(H,26,28);1H. The molecule has 0 radical (unpaired) electrons. The molecule has 0 aromatic heterocycles. The maximum absolute atomic E-state index is 11.7. The lowest BCUT2D eigenvalue weighted by atomic mass is 9.97. The minimum absolute atomic E-state index is 0. The van der Waals surface area contributed by atoms with Gasteiger partial charge < -0.3 is 25.0 Å². The highest BCUT2D eigenvalue weighted by atomic mass is 127. The van der Waals surface area contributed by atoms with E-state index in [9.17, 15) is 9.59 Å². The minimum Gasteiger partial charge on any atom is -0.484 e. The van der Waals surface area contributed by atoms with Gasteiger partial charge >= 0.3 is 5.97 Å². The Morgan fingerprint density at radius 1 is 1.12 bits per heavy atom. The summed E-state index contributed by atoms with van der Waals surface area (Å²) >= 11 is 0. The van der Waals surface area contributed by atoms with Crippen LogP contribution < -0.4 is 15.4 Å². The lowest BCUT2D eigenvalue weighted by Gasteiger charge is -2.33.